The van der Waals surface area contributed by atoms with Gasteiger partial charge in [0.25, 0.3) is 0 Å². The van der Waals surface area contributed by atoms with Crippen LogP contribution < -0.4 is 0 Å². The Hall–Kier alpha value is -9.76. The van der Waals surface area contributed by atoms with Gasteiger partial charge in [-0.25, -0.2) is 0 Å². The standard InChI is InChI=1S/C72H48N2/c1-5-18-49(19-6-1)52-34-39-61(40-35-52)73-70-43-38-59(48-66(70)72-62(31-17-33-71(72)73)60-29-16-28-56(45-60)55-27-15-26-54(44-55)50-20-7-2-8-21-50)58-37-42-69-65(47-58)63-30-13-14-32-67(63)74(69)68-41-36-57(51-22-9-3-10-23-51)46-64(68)53-24-11-4-12-25-53/h1-48H. The van der Waals surface area contributed by atoms with Crippen molar-refractivity contribution >= 4 is 43.6 Å². The fourth-order valence-corrected chi connectivity index (χ4v) is 11.4. The van der Waals surface area contributed by atoms with E-state index in [1.807, 2.05) is 0 Å². The van der Waals surface area contributed by atoms with Crippen LogP contribution in [0.1, 0.15) is 0 Å². The van der Waals surface area contributed by atoms with E-state index in [0.717, 1.165) is 11.4 Å². The van der Waals surface area contributed by atoms with Gasteiger partial charge < -0.3 is 9.13 Å². The molecule has 74 heavy (non-hydrogen) atoms. The van der Waals surface area contributed by atoms with Crippen molar-refractivity contribution in [3.05, 3.63) is 291 Å². The van der Waals surface area contributed by atoms with Crippen LogP contribution in [0.2, 0.25) is 0 Å². The minimum Gasteiger partial charge on any atom is -0.309 e. The maximum atomic E-state index is 2.46. The molecule has 2 heteroatoms. The fourth-order valence-electron chi connectivity index (χ4n) is 11.4. The zero-order chi connectivity index (χ0) is 49.0. The van der Waals surface area contributed by atoms with E-state index >= 15 is 0 Å². The first-order chi connectivity index (χ1) is 36.7. The number of nitrogens with zero attached hydrogens (tertiary/aromatic N) is 2. The van der Waals surface area contributed by atoms with Crippen LogP contribution in [0.5, 0.6) is 0 Å². The lowest BCUT2D eigenvalue weighted by Gasteiger charge is -2.16. The van der Waals surface area contributed by atoms with E-state index < -0.39 is 0 Å². The van der Waals surface area contributed by atoms with Gasteiger partial charge in [0, 0.05) is 32.8 Å². The van der Waals surface area contributed by atoms with Crippen molar-refractivity contribution in [3.8, 4) is 89.3 Å². The summed E-state index contributed by atoms with van der Waals surface area (Å²) < 4.78 is 4.91. The SMILES string of the molecule is c1ccc(-c2ccc(-n3c4ccc(-c5ccc6c(c5)c5ccccc5n6-c5ccc(-c6ccccc6)cc5-c5ccccc5)cc4c4c(-c5cccc(-c6cccc(-c7ccccc7)c6)c5)cccc43)cc2)cc1. The molecule has 0 unspecified atom stereocenters. The molecule has 0 bridgehead atoms. The number of hydrogen-bond donors (Lipinski definition) is 0. The van der Waals surface area contributed by atoms with E-state index in [-0.39, 0.29) is 0 Å². The van der Waals surface area contributed by atoms with Crippen LogP contribution in [0.25, 0.3) is 133 Å². The summed E-state index contributed by atoms with van der Waals surface area (Å²) in [5, 5.41) is 4.89. The van der Waals surface area contributed by atoms with E-state index in [4.69, 9.17) is 0 Å². The van der Waals surface area contributed by atoms with Gasteiger partial charge in [0.2, 0.25) is 0 Å². The fraction of sp³-hybridized carbons (Fsp3) is 0. The van der Waals surface area contributed by atoms with Gasteiger partial charge in [-0.3, -0.25) is 0 Å². The van der Waals surface area contributed by atoms with Crippen LogP contribution in [-0.4, -0.2) is 9.13 Å². The average molecular weight is 941 g/mol. The maximum Gasteiger partial charge on any atom is 0.0547 e. The number of hydrogen-bond acceptors (Lipinski definition) is 0. The Balaban J connectivity index is 0.940. The van der Waals surface area contributed by atoms with Crippen molar-refractivity contribution in [3.63, 3.8) is 0 Å². The summed E-state index contributed by atoms with van der Waals surface area (Å²) in [5.41, 5.74) is 23.7. The molecule has 2 heterocycles. The molecular weight excluding hydrogens is 893 g/mol. The summed E-state index contributed by atoms with van der Waals surface area (Å²) in [6.45, 7) is 0. The Morgan fingerprint density at radius 2 is 0.595 bits per heavy atom. The highest BCUT2D eigenvalue weighted by atomic mass is 15.0. The van der Waals surface area contributed by atoms with Crippen LogP contribution >= 0.6 is 0 Å². The molecule has 0 aliphatic rings. The number of para-hydroxylation sites is 1. The van der Waals surface area contributed by atoms with Crippen LogP contribution in [0.4, 0.5) is 0 Å². The van der Waals surface area contributed by atoms with E-state index in [2.05, 4.69) is 300 Å². The molecule has 0 saturated carbocycles. The van der Waals surface area contributed by atoms with Gasteiger partial charge >= 0.3 is 0 Å². The zero-order valence-electron chi connectivity index (χ0n) is 40.6. The second-order valence-corrected chi connectivity index (χ2v) is 19.3. The second-order valence-electron chi connectivity index (χ2n) is 19.3. The van der Waals surface area contributed by atoms with E-state index in [9.17, 15) is 0 Å². The highest BCUT2D eigenvalue weighted by molar-refractivity contribution is 6.17. The van der Waals surface area contributed by atoms with Crippen molar-refractivity contribution in [2.24, 2.45) is 0 Å². The molecule has 0 saturated heterocycles. The molecule has 14 aromatic rings. The molecule has 346 valence electrons. The molecule has 2 nitrogen and oxygen atoms in total. The van der Waals surface area contributed by atoms with E-state index in [0.29, 0.717) is 0 Å². The van der Waals surface area contributed by atoms with Gasteiger partial charge in [-0.15, -0.1) is 0 Å². The molecule has 0 N–H and O–H groups in total. The van der Waals surface area contributed by atoms with Crippen molar-refractivity contribution < 1.29 is 0 Å². The molecule has 2 aromatic heterocycles. The third-order valence-corrected chi connectivity index (χ3v) is 14.9. The molecule has 14 rings (SSSR count). The van der Waals surface area contributed by atoms with Gasteiger partial charge in [-0.05, 0) is 145 Å². The van der Waals surface area contributed by atoms with Crippen LogP contribution in [0.15, 0.2) is 291 Å². The summed E-state index contributed by atoms with van der Waals surface area (Å²) in [4.78, 5) is 0. The van der Waals surface area contributed by atoms with Crippen LogP contribution in [-0.2, 0) is 0 Å². The predicted molar refractivity (Wildman–Crippen MR) is 313 cm³/mol. The molecule has 0 fully saturated rings. The number of aromatic nitrogens is 2. The molecule has 0 aliphatic heterocycles. The van der Waals surface area contributed by atoms with Crippen molar-refractivity contribution in [2.45, 2.75) is 0 Å². The topological polar surface area (TPSA) is 9.86 Å². The van der Waals surface area contributed by atoms with Crippen molar-refractivity contribution in [2.75, 3.05) is 0 Å². The minimum atomic E-state index is 1.13. The summed E-state index contributed by atoms with van der Waals surface area (Å²) in [7, 11) is 0. The average Bonchev–Trinajstić information content (AvgIpc) is 4.00. The molecule has 0 amide bonds. The monoisotopic (exact) mass is 940 g/mol. The zero-order valence-corrected chi connectivity index (χ0v) is 40.6. The maximum absolute atomic E-state index is 2.46. The lowest BCUT2D eigenvalue weighted by Crippen LogP contribution is -1.98. The van der Waals surface area contributed by atoms with Gasteiger partial charge in [0.15, 0.2) is 0 Å². The lowest BCUT2D eigenvalue weighted by molar-refractivity contribution is 1.18. The highest BCUT2D eigenvalue weighted by Crippen LogP contribution is 2.44. The summed E-state index contributed by atoms with van der Waals surface area (Å²) >= 11 is 0. The minimum absolute atomic E-state index is 1.13. The molecule has 0 radical (unpaired) electrons. The Morgan fingerprint density at radius 3 is 1.24 bits per heavy atom. The smallest absolute Gasteiger partial charge is 0.0547 e. The van der Waals surface area contributed by atoms with Crippen LogP contribution in [0.3, 0.4) is 0 Å². The molecule has 0 atom stereocenters. The van der Waals surface area contributed by atoms with Crippen LogP contribution in [0, 0.1) is 0 Å². The Labute approximate surface area is 431 Å². The first-order valence-corrected chi connectivity index (χ1v) is 25.5. The number of benzene rings is 12. The van der Waals surface area contributed by atoms with Gasteiger partial charge in [0.1, 0.15) is 0 Å². The quantitative estimate of drug-likeness (QED) is 0.136. The van der Waals surface area contributed by atoms with E-state index in [1.165, 1.54) is 122 Å². The summed E-state index contributed by atoms with van der Waals surface area (Å²) in [6.07, 6.45) is 0. The summed E-state index contributed by atoms with van der Waals surface area (Å²) in [5.74, 6) is 0. The van der Waals surface area contributed by atoms with Gasteiger partial charge in [-0.1, -0.05) is 218 Å². The van der Waals surface area contributed by atoms with Gasteiger partial charge in [-0.2, -0.15) is 0 Å². The summed E-state index contributed by atoms with van der Waals surface area (Å²) in [6, 6.07) is 106. The molecular formula is C72H48N2. The first-order valence-electron chi connectivity index (χ1n) is 25.5. The lowest BCUT2D eigenvalue weighted by atomic mass is 9.94. The van der Waals surface area contributed by atoms with Crippen molar-refractivity contribution in [1.29, 1.82) is 0 Å². The molecule has 0 spiro atoms. The third kappa shape index (κ3) is 7.52. The third-order valence-electron chi connectivity index (χ3n) is 14.9. The largest absolute Gasteiger partial charge is 0.309 e. The second kappa shape index (κ2) is 18.1. The Kier molecular flexibility index (Phi) is 10.6. The van der Waals surface area contributed by atoms with Crippen molar-refractivity contribution in [1.82, 2.24) is 9.13 Å². The predicted octanol–water partition coefficient (Wildman–Crippen LogP) is 19.5. The van der Waals surface area contributed by atoms with Gasteiger partial charge in [0.05, 0.1) is 27.8 Å². The molecule has 12 aromatic carbocycles. The Bertz CT molecular complexity index is 4370. The first kappa shape index (κ1) is 43.1. The normalized spacial score (nSPS) is 11.5. The Morgan fingerprint density at radius 1 is 0.189 bits per heavy atom. The highest BCUT2D eigenvalue weighted by Gasteiger charge is 2.21. The molecule has 0 aliphatic carbocycles. The number of fused-ring (bicyclic) bond motifs is 6. The number of rotatable bonds is 9. The van der Waals surface area contributed by atoms with E-state index in [1.54, 1.807) is 0 Å².